The van der Waals surface area contributed by atoms with Crippen LogP contribution in [0.5, 0.6) is 0 Å². The maximum atomic E-state index is 10.3. The molecule has 0 amide bonds. The number of hydrogen-bond donors (Lipinski definition) is 2. The van der Waals surface area contributed by atoms with Crippen molar-refractivity contribution < 1.29 is 5.11 Å². The van der Waals surface area contributed by atoms with Gasteiger partial charge < -0.3 is 10.4 Å². The molecule has 0 saturated carbocycles. The minimum Gasteiger partial charge on any atom is -0.389 e. The Kier molecular flexibility index (Phi) is 6.76. The predicted octanol–water partition coefficient (Wildman–Crippen LogP) is 3.23. The lowest BCUT2D eigenvalue weighted by molar-refractivity contribution is 0.0304. The molecule has 1 rings (SSSR count). The molecule has 102 valence electrons. The van der Waals surface area contributed by atoms with Gasteiger partial charge in [-0.05, 0) is 24.7 Å². The van der Waals surface area contributed by atoms with Crippen LogP contribution in [0.25, 0.3) is 0 Å². The fourth-order valence-corrected chi connectivity index (χ4v) is 2.58. The van der Waals surface area contributed by atoms with E-state index in [1.54, 1.807) is 0 Å². The van der Waals surface area contributed by atoms with E-state index < -0.39 is 5.60 Å². The van der Waals surface area contributed by atoms with Gasteiger partial charge in [0.2, 0.25) is 0 Å². The molecule has 0 fully saturated rings. The summed E-state index contributed by atoms with van der Waals surface area (Å²) in [5, 5.41) is 13.8. The first-order valence-corrected chi connectivity index (χ1v) is 8.04. The van der Waals surface area contributed by atoms with Crippen LogP contribution in [0.2, 0.25) is 0 Å². The second kappa shape index (κ2) is 7.82. The Balaban J connectivity index is 2.64. The van der Waals surface area contributed by atoms with Crippen LogP contribution in [0.15, 0.2) is 30.3 Å². The Morgan fingerprint density at radius 3 is 2.33 bits per heavy atom. The average molecular weight is 267 g/mol. The molecule has 0 bridgehead atoms. The Bertz CT molecular complexity index is 325. The van der Waals surface area contributed by atoms with Gasteiger partial charge >= 0.3 is 0 Å². The average Bonchev–Trinajstić information content (AvgIpc) is 2.44. The molecule has 0 saturated heterocycles. The summed E-state index contributed by atoms with van der Waals surface area (Å²) in [5.74, 6) is 1.02. The van der Waals surface area contributed by atoms with Gasteiger partial charge in [0.15, 0.2) is 0 Å². The Morgan fingerprint density at radius 2 is 1.83 bits per heavy atom. The molecule has 2 N–H and O–H groups in total. The number of thioether (sulfide) groups is 1. The number of hydrogen-bond acceptors (Lipinski definition) is 3. The molecule has 0 heterocycles. The molecule has 0 radical (unpaired) electrons. The highest BCUT2D eigenvalue weighted by Crippen LogP contribution is 2.19. The normalized spacial score (nSPS) is 13.6. The number of aliphatic hydroxyl groups is 1. The van der Waals surface area contributed by atoms with Crippen molar-refractivity contribution >= 4 is 11.8 Å². The zero-order valence-corrected chi connectivity index (χ0v) is 12.5. The van der Waals surface area contributed by atoms with Crippen LogP contribution in [0.4, 0.5) is 0 Å². The molecular formula is C15H25NOS. The molecular weight excluding hydrogens is 242 g/mol. The predicted molar refractivity (Wildman–Crippen MR) is 81.1 cm³/mol. The van der Waals surface area contributed by atoms with E-state index in [0.29, 0.717) is 12.6 Å². The smallest absolute Gasteiger partial charge is 0.0766 e. The van der Waals surface area contributed by atoms with Gasteiger partial charge in [-0.2, -0.15) is 11.8 Å². The molecule has 1 aromatic rings. The molecule has 1 atom stereocenters. The van der Waals surface area contributed by atoms with Crippen molar-refractivity contribution in [1.82, 2.24) is 5.32 Å². The third-order valence-electron chi connectivity index (χ3n) is 3.53. The van der Waals surface area contributed by atoms with Crippen molar-refractivity contribution in [2.45, 2.75) is 38.3 Å². The minimum absolute atomic E-state index is 0.311. The van der Waals surface area contributed by atoms with Crippen LogP contribution in [0, 0.1) is 0 Å². The highest BCUT2D eigenvalue weighted by molar-refractivity contribution is 7.98. The van der Waals surface area contributed by atoms with E-state index in [4.69, 9.17) is 0 Å². The van der Waals surface area contributed by atoms with Crippen molar-refractivity contribution in [3.63, 3.8) is 0 Å². The Morgan fingerprint density at radius 1 is 1.22 bits per heavy atom. The van der Waals surface area contributed by atoms with Gasteiger partial charge in [0.25, 0.3) is 0 Å². The first-order valence-electron chi connectivity index (χ1n) is 6.65. The van der Waals surface area contributed by atoms with Crippen LogP contribution in [-0.2, 0) is 0 Å². The van der Waals surface area contributed by atoms with E-state index in [1.807, 2.05) is 31.7 Å². The molecule has 0 aliphatic rings. The molecule has 0 aliphatic heterocycles. The number of rotatable bonds is 8. The van der Waals surface area contributed by atoms with Crippen LogP contribution in [-0.4, -0.2) is 29.3 Å². The van der Waals surface area contributed by atoms with Crippen molar-refractivity contribution in [3.8, 4) is 0 Å². The van der Waals surface area contributed by atoms with Gasteiger partial charge in [0.1, 0.15) is 0 Å². The highest BCUT2D eigenvalue weighted by Gasteiger charge is 2.23. The van der Waals surface area contributed by atoms with Gasteiger partial charge in [0.05, 0.1) is 5.60 Å². The summed E-state index contributed by atoms with van der Waals surface area (Å²) in [5.41, 5.74) is 0.715. The molecule has 18 heavy (non-hydrogen) atoms. The van der Waals surface area contributed by atoms with E-state index in [1.165, 1.54) is 5.56 Å². The van der Waals surface area contributed by atoms with Crippen molar-refractivity contribution in [1.29, 1.82) is 0 Å². The fourth-order valence-electron chi connectivity index (χ4n) is 1.94. The third-order valence-corrected chi connectivity index (χ3v) is 4.20. The summed E-state index contributed by atoms with van der Waals surface area (Å²) in [4.78, 5) is 0. The van der Waals surface area contributed by atoms with Crippen molar-refractivity contribution in [2.75, 3.05) is 18.6 Å². The second-order valence-corrected chi connectivity index (χ2v) is 5.64. The van der Waals surface area contributed by atoms with E-state index in [-0.39, 0.29) is 0 Å². The van der Waals surface area contributed by atoms with Crippen LogP contribution in [0.3, 0.4) is 0 Å². The quantitative estimate of drug-likeness (QED) is 0.758. The van der Waals surface area contributed by atoms with E-state index in [2.05, 4.69) is 35.8 Å². The summed E-state index contributed by atoms with van der Waals surface area (Å²) in [6.45, 7) is 4.73. The summed E-state index contributed by atoms with van der Waals surface area (Å²) < 4.78 is 0. The van der Waals surface area contributed by atoms with Gasteiger partial charge in [-0.1, -0.05) is 44.2 Å². The molecule has 0 spiro atoms. The summed E-state index contributed by atoms with van der Waals surface area (Å²) in [6, 6.07) is 10.8. The van der Waals surface area contributed by atoms with Gasteiger partial charge in [0, 0.05) is 18.3 Å². The first kappa shape index (κ1) is 15.5. The lowest BCUT2D eigenvalue weighted by Gasteiger charge is -2.29. The summed E-state index contributed by atoms with van der Waals surface area (Å²) in [7, 11) is 0. The molecule has 3 heteroatoms. The van der Waals surface area contributed by atoms with E-state index in [9.17, 15) is 5.11 Å². The third kappa shape index (κ3) is 4.63. The minimum atomic E-state index is -0.578. The topological polar surface area (TPSA) is 32.3 Å². The highest BCUT2D eigenvalue weighted by atomic mass is 32.2. The molecule has 2 nitrogen and oxygen atoms in total. The summed E-state index contributed by atoms with van der Waals surface area (Å²) in [6.07, 6.45) is 3.69. The second-order valence-electron chi connectivity index (χ2n) is 4.73. The summed E-state index contributed by atoms with van der Waals surface area (Å²) >= 11 is 1.83. The van der Waals surface area contributed by atoms with Crippen LogP contribution in [0.1, 0.15) is 38.3 Å². The molecule has 0 aromatic heterocycles. The standard InChI is InChI=1S/C15H25NOS/c1-4-15(17,5-2)12-16-14(11-18-3)13-9-7-6-8-10-13/h6-10,14,16-17H,4-5,11-12H2,1-3H3. The first-order chi connectivity index (χ1) is 8.65. The molecule has 0 aliphatic carbocycles. The molecule has 1 aromatic carbocycles. The van der Waals surface area contributed by atoms with E-state index in [0.717, 1.165) is 18.6 Å². The lowest BCUT2D eigenvalue weighted by Crippen LogP contribution is -2.41. The van der Waals surface area contributed by atoms with Gasteiger partial charge in [-0.25, -0.2) is 0 Å². The maximum Gasteiger partial charge on any atom is 0.0766 e. The van der Waals surface area contributed by atoms with Gasteiger partial charge in [-0.3, -0.25) is 0 Å². The van der Waals surface area contributed by atoms with E-state index >= 15 is 0 Å². The number of nitrogens with one attached hydrogen (secondary N) is 1. The number of benzene rings is 1. The maximum absolute atomic E-state index is 10.3. The molecule has 1 unspecified atom stereocenters. The Hall–Kier alpha value is -0.510. The monoisotopic (exact) mass is 267 g/mol. The van der Waals surface area contributed by atoms with Gasteiger partial charge in [-0.15, -0.1) is 0 Å². The Labute approximate surface area is 115 Å². The lowest BCUT2D eigenvalue weighted by atomic mass is 9.96. The largest absolute Gasteiger partial charge is 0.389 e. The SMILES string of the molecule is CCC(O)(CC)CNC(CSC)c1ccccc1. The van der Waals surface area contributed by atoms with Crippen molar-refractivity contribution in [3.05, 3.63) is 35.9 Å². The van der Waals surface area contributed by atoms with Crippen LogP contribution < -0.4 is 5.32 Å². The fraction of sp³-hybridized carbons (Fsp3) is 0.600. The van der Waals surface area contributed by atoms with Crippen molar-refractivity contribution in [2.24, 2.45) is 0 Å². The zero-order chi connectivity index (χ0) is 13.4. The van der Waals surface area contributed by atoms with Crippen LogP contribution >= 0.6 is 11.8 Å². The zero-order valence-electron chi connectivity index (χ0n) is 11.6.